The number of likely N-dealkylation sites (N-methyl/N-ethyl adjacent to an activating group) is 1. The predicted molar refractivity (Wildman–Crippen MR) is 287 cm³/mol. The van der Waals surface area contributed by atoms with Crippen molar-refractivity contribution in [3.8, 4) is 0 Å². The third kappa shape index (κ3) is 18.5. The fraction of sp³-hybridized carbons (Fsp3) is 0.491. The fourth-order valence-electron chi connectivity index (χ4n) is 8.98. The largest absolute Gasteiger partial charge is 0.462 e. The molecule has 18 nitrogen and oxygen atoms in total. The number of nitrogens with zero attached hydrogens (tertiary/aromatic N) is 6. The minimum Gasteiger partial charge on any atom is -0.462 e. The zero-order valence-corrected chi connectivity index (χ0v) is 43.8. The van der Waals surface area contributed by atoms with E-state index in [1.165, 1.54) is 47.2 Å². The second-order valence-corrected chi connectivity index (χ2v) is 20.3. The predicted octanol–water partition coefficient (Wildman–Crippen LogP) is 10.4. The van der Waals surface area contributed by atoms with E-state index in [1.807, 2.05) is 54.7 Å². The van der Waals surface area contributed by atoms with Gasteiger partial charge in [-0.15, -0.1) is 0 Å². The molecular formula is C55H76N8O10. The van der Waals surface area contributed by atoms with E-state index in [1.54, 1.807) is 37.4 Å². The summed E-state index contributed by atoms with van der Waals surface area (Å²) in [5.74, 6) is 0.649. The second-order valence-electron chi connectivity index (χ2n) is 20.3. The summed E-state index contributed by atoms with van der Waals surface area (Å²) >= 11 is 0. The number of hydrogen-bond donors (Lipinski definition) is 2. The molecule has 2 unspecified atom stereocenters. The van der Waals surface area contributed by atoms with Crippen LogP contribution in [-0.4, -0.2) is 115 Å². The van der Waals surface area contributed by atoms with Gasteiger partial charge in [-0.2, -0.15) is 0 Å². The van der Waals surface area contributed by atoms with Gasteiger partial charge >= 0.3 is 6.09 Å². The Morgan fingerprint density at radius 1 is 0.671 bits per heavy atom. The third-order valence-electron chi connectivity index (χ3n) is 12.8. The maximum absolute atomic E-state index is 11.6. The van der Waals surface area contributed by atoms with Gasteiger partial charge in [-0.3, -0.25) is 34.8 Å². The number of hydrogen-bond acceptors (Lipinski definition) is 15. The maximum Gasteiger partial charge on any atom is 0.410 e. The Morgan fingerprint density at radius 3 is 1.75 bits per heavy atom. The van der Waals surface area contributed by atoms with Gasteiger partial charge in [0.25, 0.3) is 17.8 Å². The van der Waals surface area contributed by atoms with Crippen molar-refractivity contribution in [1.29, 1.82) is 0 Å². The molecule has 4 fully saturated rings. The molecule has 4 aliphatic rings. The zero-order chi connectivity index (χ0) is 53.7. The van der Waals surface area contributed by atoms with Gasteiger partial charge in [-0.05, 0) is 160 Å². The number of nitrogen functional groups attached to an aromatic ring is 1. The number of likely N-dealkylation sites (tertiary alicyclic amines) is 2. The standard InChI is InChI=1S/C27H30N4O2.C10H17NO3.C7H8N2O2.C6H11NO.C5H10O2/c28-25-13-8-22(19-27(25)31(32)33)26-7-4-16-30(26)24-11-9-23(10-12-24)29-17-14-21(15-18-29)20-5-2-1-3-6-20;1-10(2,3)14-9(13)11-6-4-5-8(11)7-12;1-8-6-4-2-3-5-7(6)9(10)11;1-7-4-2-3-6(7)5-8;1-5(2,3)7-4-6/h1-3,5-6,8-13,19,21,26H,4,7,14-18,28H2;7-8H,4-6H2,1-3H3;2-5,8H,1H3;5-6H,2-4H2,1H3;4H,1-3H3/t;;;6-;/m...0./s1. The highest BCUT2D eigenvalue weighted by Crippen LogP contribution is 2.39. The summed E-state index contributed by atoms with van der Waals surface area (Å²) < 4.78 is 9.73. The number of carbonyl (C=O) groups is 4. The minimum absolute atomic E-state index is 0.00592. The Labute approximate surface area is 430 Å². The Hall–Kier alpha value is -7.08. The average molecular weight is 1010 g/mol. The van der Waals surface area contributed by atoms with E-state index < -0.39 is 15.4 Å². The highest BCUT2D eigenvalue weighted by molar-refractivity contribution is 5.74. The molecule has 4 aliphatic heterocycles. The molecule has 4 aromatic rings. The van der Waals surface area contributed by atoms with E-state index in [0.717, 1.165) is 76.4 Å². The molecule has 0 saturated carbocycles. The number of rotatable bonds is 10. The van der Waals surface area contributed by atoms with E-state index in [0.29, 0.717) is 24.6 Å². The lowest BCUT2D eigenvalue weighted by atomic mass is 9.89. The monoisotopic (exact) mass is 1010 g/mol. The van der Waals surface area contributed by atoms with E-state index in [9.17, 15) is 39.4 Å². The minimum atomic E-state index is -0.493. The first kappa shape index (κ1) is 58.5. The van der Waals surface area contributed by atoms with Crippen molar-refractivity contribution in [3.05, 3.63) is 128 Å². The van der Waals surface area contributed by atoms with Crippen LogP contribution in [0.1, 0.15) is 116 Å². The quantitative estimate of drug-likeness (QED) is 0.0652. The molecule has 0 spiro atoms. The third-order valence-corrected chi connectivity index (χ3v) is 12.8. The van der Waals surface area contributed by atoms with Crippen molar-refractivity contribution in [2.24, 2.45) is 0 Å². The van der Waals surface area contributed by atoms with Crippen molar-refractivity contribution in [2.75, 3.05) is 67.7 Å². The van der Waals surface area contributed by atoms with Crippen LogP contribution >= 0.6 is 0 Å². The van der Waals surface area contributed by atoms with Gasteiger partial charge in [-0.1, -0.05) is 48.5 Å². The lowest BCUT2D eigenvalue weighted by Gasteiger charge is -2.34. The van der Waals surface area contributed by atoms with Gasteiger partial charge in [0, 0.05) is 56.7 Å². The fourth-order valence-corrected chi connectivity index (χ4v) is 8.98. The molecule has 3 N–H and O–H groups in total. The number of nitrogens with one attached hydrogen (secondary N) is 1. The molecule has 4 heterocycles. The smallest absolute Gasteiger partial charge is 0.410 e. The number of nitrogens with two attached hydrogens (primary N) is 1. The molecule has 0 aromatic heterocycles. The molecule has 396 valence electrons. The zero-order valence-electron chi connectivity index (χ0n) is 43.8. The first-order valence-corrected chi connectivity index (χ1v) is 25.0. The first-order valence-electron chi connectivity index (χ1n) is 25.0. The van der Waals surface area contributed by atoms with Gasteiger partial charge in [0.1, 0.15) is 35.1 Å². The van der Waals surface area contributed by atoms with Crippen LogP contribution in [0.4, 0.5) is 38.9 Å². The number of aldehydes is 2. The molecule has 8 rings (SSSR count). The highest BCUT2D eigenvalue weighted by atomic mass is 16.6. The molecule has 0 radical (unpaired) electrons. The van der Waals surface area contributed by atoms with Gasteiger partial charge in [0.15, 0.2) is 0 Å². The number of carbonyl (C=O) groups excluding carboxylic acids is 4. The van der Waals surface area contributed by atoms with Gasteiger partial charge in [-0.25, -0.2) is 4.79 Å². The number of anilines is 4. The van der Waals surface area contributed by atoms with E-state index in [4.69, 9.17) is 10.5 Å². The molecular weight excluding hydrogens is 933 g/mol. The number of piperidine rings is 1. The van der Waals surface area contributed by atoms with Crippen LogP contribution in [0, 0.1) is 20.2 Å². The number of nitro groups is 2. The lowest BCUT2D eigenvalue weighted by Crippen LogP contribution is -2.40. The number of amides is 1. The van der Waals surface area contributed by atoms with Crippen molar-refractivity contribution in [2.45, 2.75) is 128 Å². The molecule has 1 amide bonds. The topological polar surface area (TPSA) is 224 Å². The Morgan fingerprint density at radius 2 is 1.25 bits per heavy atom. The molecule has 3 atom stereocenters. The highest BCUT2D eigenvalue weighted by Gasteiger charge is 2.32. The Balaban J connectivity index is 0.000000236. The molecule has 0 aliphatic carbocycles. The van der Waals surface area contributed by atoms with Crippen molar-refractivity contribution < 1.29 is 38.5 Å². The Kier molecular flexibility index (Phi) is 22.6. The van der Waals surface area contributed by atoms with Crippen LogP contribution in [0.15, 0.2) is 97.1 Å². The Bertz CT molecular complexity index is 2380. The summed E-state index contributed by atoms with van der Waals surface area (Å²) in [6.07, 6.45) is 9.74. The van der Waals surface area contributed by atoms with Gasteiger partial charge in [0.05, 0.1) is 28.0 Å². The summed E-state index contributed by atoms with van der Waals surface area (Å²) in [6, 6.07) is 31.5. The summed E-state index contributed by atoms with van der Waals surface area (Å²) in [5, 5.41) is 24.4. The van der Waals surface area contributed by atoms with Crippen LogP contribution in [-0.2, 0) is 23.9 Å². The summed E-state index contributed by atoms with van der Waals surface area (Å²) in [4.78, 5) is 71.3. The average Bonchev–Trinajstić information content (AvgIpc) is 4.16. The molecule has 0 bridgehead atoms. The van der Waals surface area contributed by atoms with Crippen LogP contribution in [0.5, 0.6) is 0 Å². The van der Waals surface area contributed by atoms with E-state index in [2.05, 4.69) is 79.4 Å². The number of nitro benzene ring substituents is 2. The molecule has 73 heavy (non-hydrogen) atoms. The number of para-hydroxylation sites is 2. The first-order chi connectivity index (χ1) is 34.7. The van der Waals surface area contributed by atoms with E-state index in [-0.39, 0.29) is 46.9 Å². The van der Waals surface area contributed by atoms with E-state index >= 15 is 0 Å². The molecule has 4 aromatic carbocycles. The lowest BCUT2D eigenvalue weighted by molar-refractivity contribution is -0.384. The normalized spacial score (nSPS) is 18.7. The summed E-state index contributed by atoms with van der Waals surface area (Å²) in [6.45, 7) is 16.2. The molecule has 18 heteroatoms. The van der Waals surface area contributed by atoms with Crippen molar-refractivity contribution in [3.63, 3.8) is 0 Å². The number of ether oxygens (including phenoxy) is 2. The maximum atomic E-state index is 11.6. The van der Waals surface area contributed by atoms with Crippen LogP contribution in [0.2, 0.25) is 0 Å². The summed E-state index contributed by atoms with van der Waals surface area (Å²) in [5.41, 5.74) is 10.7. The second kappa shape index (κ2) is 28.2. The summed E-state index contributed by atoms with van der Waals surface area (Å²) in [7, 11) is 3.65. The van der Waals surface area contributed by atoms with Crippen LogP contribution in [0.25, 0.3) is 0 Å². The van der Waals surface area contributed by atoms with Gasteiger partial charge in [0.2, 0.25) is 0 Å². The SMILES string of the molecule is CC(C)(C)OC(=O)N1CCCC1C=O.CC(C)(C)OC=O.CN1CCC[C@H]1C=O.CNc1ccccc1[N+](=O)[O-].Nc1ccc(C2CCCN2c2ccc(N3CCC(c4ccccc4)CC3)cc2)cc1[N+](=O)[O-]. The van der Waals surface area contributed by atoms with Crippen LogP contribution < -0.4 is 20.9 Å². The number of benzene rings is 4. The molecule has 4 saturated heterocycles. The van der Waals surface area contributed by atoms with Crippen molar-refractivity contribution >= 4 is 59.3 Å². The van der Waals surface area contributed by atoms with Crippen LogP contribution in [0.3, 0.4) is 0 Å². The van der Waals surface area contributed by atoms with Gasteiger partial charge < -0.3 is 39.9 Å². The van der Waals surface area contributed by atoms with Crippen molar-refractivity contribution in [1.82, 2.24) is 9.80 Å².